The highest BCUT2D eigenvalue weighted by atomic mass is 32.2. The molecule has 1 aliphatic rings. The highest BCUT2D eigenvalue weighted by molar-refractivity contribution is 7.89. The SMILES string of the molecule is CC(C)N(C)S(=O)(=O)c1ccc(C(=O)N2CCCN(C)CC2)cc1. The van der Waals surface area contributed by atoms with Crippen LogP contribution in [0.1, 0.15) is 30.6 Å². The van der Waals surface area contributed by atoms with Crippen molar-refractivity contribution in [2.45, 2.75) is 31.2 Å². The van der Waals surface area contributed by atoms with Gasteiger partial charge in [-0.15, -0.1) is 0 Å². The maximum Gasteiger partial charge on any atom is 0.253 e. The second-order valence-corrected chi connectivity index (χ2v) is 8.59. The van der Waals surface area contributed by atoms with Crippen molar-refractivity contribution >= 4 is 15.9 Å². The molecule has 6 nitrogen and oxygen atoms in total. The molecule has 1 aliphatic heterocycles. The van der Waals surface area contributed by atoms with Crippen molar-refractivity contribution in [3.63, 3.8) is 0 Å². The van der Waals surface area contributed by atoms with Gasteiger partial charge in [0.15, 0.2) is 0 Å². The van der Waals surface area contributed by atoms with Gasteiger partial charge >= 0.3 is 0 Å². The first-order valence-electron chi connectivity index (χ1n) is 8.29. The molecule has 1 fully saturated rings. The third-order valence-corrected chi connectivity index (χ3v) is 6.56. The fraction of sp³-hybridized carbons (Fsp3) is 0.588. The molecular formula is C17H27N3O3S. The molecule has 1 aromatic rings. The number of nitrogens with zero attached hydrogens (tertiary/aromatic N) is 3. The largest absolute Gasteiger partial charge is 0.337 e. The van der Waals surface area contributed by atoms with Crippen molar-refractivity contribution in [3.8, 4) is 0 Å². The minimum atomic E-state index is -3.52. The Morgan fingerprint density at radius 2 is 1.71 bits per heavy atom. The number of hydrogen-bond acceptors (Lipinski definition) is 4. The summed E-state index contributed by atoms with van der Waals surface area (Å²) in [6.07, 6.45) is 0.952. The van der Waals surface area contributed by atoms with Crippen LogP contribution in [-0.4, -0.2) is 74.7 Å². The van der Waals surface area contributed by atoms with Gasteiger partial charge in [0.1, 0.15) is 0 Å². The number of rotatable bonds is 4. The fourth-order valence-electron chi connectivity index (χ4n) is 2.65. The van der Waals surface area contributed by atoms with Crippen molar-refractivity contribution in [1.82, 2.24) is 14.1 Å². The highest BCUT2D eigenvalue weighted by Gasteiger charge is 2.24. The number of carbonyl (C=O) groups excluding carboxylic acids is 1. The lowest BCUT2D eigenvalue weighted by Crippen LogP contribution is -2.34. The van der Waals surface area contributed by atoms with E-state index < -0.39 is 10.0 Å². The van der Waals surface area contributed by atoms with Gasteiger partial charge in [-0.05, 0) is 58.1 Å². The lowest BCUT2D eigenvalue weighted by Gasteiger charge is -2.22. The van der Waals surface area contributed by atoms with Gasteiger partial charge in [0.05, 0.1) is 4.90 Å². The Bertz CT molecular complexity index is 671. The van der Waals surface area contributed by atoms with Crippen LogP contribution in [0.15, 0.2) is 29.2 Å². The van der Waals surface area contributed by atoms with Crippen molar-refractivity contribution in [3.05, 3.63) is 29.8 Å². The Hall–Kier alpha value is -1.44. The summed E-state index contributed by atoms with van der Waals surface area (Å²) in [5, 5.41) is 0. The molecule has 0 bridgehead atoms. The number of carbonyl (C=O) groups is 1. The molecule has 0 spiro atoms. The van der Waals surface area contributed by atoms with E-state index in [1.807, 2.05) is 18.7 Å². The van der Waals surface area contributed by atoms with Crippen molar-refractivity contribution in [1.29, 1.82) is 0 Å². The van der Waals surface area contributed by atoms with Crippen molar-refractivity contribution < 1.29 is 13.2 Å². The lowest BCUT2D eigenvalue weighted by molar-refractivity contribution is 0.0762. The first-order valence-corrected chi connectivity index (χ1v) is 9.73. The monoisotopic (exact) mass is 353 g/mol. The molecule has 0 atom stereocenters. The number of hydrogen-bond donors (Lipinski definition) is 0. The molecular weight excluding hydrogens is 326 g/mol. The minimum absolute atomic E-state index is 0.0357. The third kappa shape index (κ3) is 4.15. The molecule has 0 saturated carbocycles. The number of benzene rings is 1. The molecule has 0 unspecified atom stereocenters. The van der Waals surface area contributed by atoms with E-state index in [0.29, 0.717) is 12.1 Å². The summed E-state index contributed by atoms with van der Waals surface area (Å²) in [6.45, 7) is 6.93. The molecule has 1 heterocycles. The quantitative estimate of drug-likeness (QED) is 0.823. The topological polar surface area (TPSA) is 60.9 Å². The zero-order valence-corrected chi connectivity index (χ0v) is 15.7. The Morgan fingerprint density at radius 1 is 1.08 bits per heavy atom. The zero-order chi connectivity index (χ0) is 17.9. The molecule has 0 radical (unpaired) electrons. The lowest BCUT2D eigenvalue weighted by atomic mass is 10.2. The molecule has 134 valence electrons. The van der Waals surface area contributed by atoms with E-state index in [0.717, 1.165) is 26.1 Å². The van der Waals surface area contributed by atoms with Crippen LogP contribution < -0.4 is 0 Å². The second-order valence-electron chi connectivity index (χ2n) is 6.59. The standard InChI is InChI=1S/C17H27N3O3S/c1-14(2)19(4)24(22,23)16-8-6-15(7-9-16)17(21)20-11-5-10-18(3)12-13-20/h6-9,14H,5,10-13H2,1-4H3. The summed E-state index contributed by atoms with van der Waals surface area (Å²) < 4.78 is 26.3. The zero-order valence-electron chi connectivity index (χ0n) is 14.9. The van der Waals surface area contributed by atoms with Gasteiger partial charge < -0.3 is 9.80 Å². The van der Waals surface area contributed by atoms with Gasteiger partial charge in [-0.25, -0.2) is 8.42 Å². The first-order chi connectivity index (χ1) is 11.2. The van der Waals surface area contributed by atoms with Crippen molar-refractivity contribution in [2.75, 3.05) is 40.3 Å². The first kappa shape index (κ1) is 18.9. The van der Waals surface area contributed by atoms with Crippen LogP contribution in [0.5, 0.6) is 0 Å². The summed E-state index contributed by atoms with van der Waals surface area (Å²) >= 11 is 0. The van der Waals surface area contributed by atoms with Crippen LogP contribution in [0.4, 0.5) is 0 Å². The molecule has 1 aromatic carbocycles. The van der Waals surface area contributed by atoms with Crippen molar-refractivity contribution in [2.24, 2.45) is 0 Å². The van der Waals surface area contributed by atoms with E-state index in [1.165, 1.54) is 16.4 Å². The highest BCUT2D eigenvalue weighted by Crippen LogP contribution is 2.18. The number of likely N-dealkylation sites (N-methyl/N-ethyl adjacent to an activating group) is 1. The summed E-state index contributed by atoms with van der Waals surface area (Å²) in [5.41, 5.74) is 0.533. The normalized spacial score (nSPS) is 17.3. The van der Waals surface area contributed by atoms with E-state index in [-0.39, 0.29) is 16.8 Å². The van der Waals surface area contributed by atoms with Crippen LogP contribution in [0.2, 0.25) is 0 Å². The van der Waals surface area contributed by atoms with E-state index in [9.17, 15) is 13.2 Å². The van der Waals surface area contributed by atoms with Crippen LogP contribution in [0.3, 0.4) is 0 Å². The predicted octanol–water partition coefficient (Wildman–Crippen LogP) is 1.49. The Balaban J connectivity index is 2.15. The predicted molar refractivity (Wildman–Crippen MR) is 94.5 cm³/mol. The van der Waals surface area contributed by atoms with Crippen LogP contribution in [0, 0.1) is 0 Å². The van der Waals surface area contributed by atoms with Crippen LogP contribution >= 0.6 is 0 Å². The Morgan fingerprint density at radius 3 is 2.29 bits per heavy atom. The molecule has 0 N–H and O–H groups in total. The van der Waals surface area contributed by atoms with Gasteiger partial charge in [0.25, 0.3) is 5.91 Å². The van der Waals surface area contributed by atoms with Gasteiger partial charge in [0.2, 0.25) is 10.0 Å². The average Bonchev–Trinajstić information content (AvgIpc) is 2.78. The molecule has 2 rings (SSSR count). The fourth-order valence-corrected chi connectivity index (χ4v) is 4.01. The van der Waals surface area contributed by atoms with Gasteiger partial charge in [-0.3, -0.25) is 4.79 Å². The summed E-state index contributed by atoms with van der Waals surface area (Å²) in [7, 11) is 0.0998. The summed E-state index contributed by atoms with van der Waals surface area (Å²) in [5.74, 6) is -0.0357. The maximum absolute atomic E-state index is 12.6. The molecule has 0 aliphatic carbocycles. The smallest absolute Gasteiger partial charge is 0.253 e. The Kier molecular flexibility index (Phi) is 6.01. The van der Waals surface area contributed by atoms with Gasteiger partial charge in [-0.2, -0.15) is 4.31 Å². The van der Waals surface area contributed by atoms with E-state index in [1.54, 1.807) is 19.2 Å². The maximum atomic E-state index is 12.6. The van der Waals surface area contributed by atoms with Gasteiger partial charge in [-0.1, -0.05) is 0 Å². The summed E-state index contributed by atoms with van der Waals surface area (Å²) in [4.78, 5) is 16.9. The minimum Gasteiger partial charge on any atom is -0.337 e. The van der Waals surface area contributed by atoms with E-state index >= 15 is 0 Å². The van der Waals surface area contributed by atoms with E-state index in [2.05, 4.69) is 11.9 Å². The Labute approximate surface area is 145 Å². The molecule has 1 saturated heterocycles. The molecule has 1 amide bonds. The number of sulfonamides is 1. The molecule has 7 heteroatoms. The average molecular weight is 353 g/mol. The van der Waals surface area contributed by atoms with Crippen LogP contribution in [0.25, 0.3) is 0 Å². The second kappa shape index (κ2) is 7.63. The van der Waals surface area contributed by atoms with Crippen LogP contribution in [-0.2, 0) is 10.0 Å². The van der Waals surface area contributed by atoms with E-state index in [4.69, 9.17) is 0 Å². The molecule has 0 aromatic heterocycles. The number of amides is 1. The van der Waals surface area contributed by atoms with Gasteiger partial charge in [0, 0.05) is 38.3 Å². The molecule has 24 heavy (non-hydrogen) atoms. The third-order valence-electron chi connectivity index (χ3n) is 4.51. The summed E-state index contributed by atoms with van der Waals surface area (Å²) in [6, 6.07) is 6.14.